The highest BCUT2D eigenvalue weighted by Gasteiger charge is 2.24. The molecule has 0 unspecified atom stereocenters. The first kappa shape index (κ1) is 11.7. The minimum Gasteiger partial charge on any atom is -0.340 e. The van der Waals surface area contributed by atoms with E-state index in [0.717, 1.165) is 0 Å². The van der Waals surface area contributed by atoms with Crippen LogP contribution in [0.3, 0.4) is 0 Å². The fraction of sp³-hybridized carbons (Fsp3) is 0.400. The number of hydrogen-bond acceptors (Lipinski definition) is 4. The molecule has 1 rings (SSSR count). The van der Waals surface area contributed by atoms with Crippen molar-refractivity contribution in [3.8, 4) is 0 Å². The van der Waals surface area contributed by atoms with Gasteiger partial charge in [0, 0.05) is 0 Å². The zero-order valence-electron chi connectivity index (χ0n) is 8.87. The van der Waals surface area contributed by atoms with Crippen LogP contribution in [0.2, 0.25) is 0 Å². The van der Waals surface area contributed by atoms with Crippen molar-refractivity contribution in [2.45, 2.75) is 20.8 Å². The van der Waals surface area contributed by atoms with E-state index in [9.17, 15) is 9.59 Å². The van der Waals surface area contributed by atoms with Crippen molar-refractivity contribution >= 4 is 23.2 Å². The molecule has 0 bridgehead atoms. The van der Waals surface area contributed by atoms with Crippen LogP contribution in [-0.2, 0) is 9.63 Å². The zero-order chi connectivity index (χ0) is 11.5. The Morgan fingerprint density at radius 1 is 1.40 bits per heavy atom. The van der Waals surface area contributed by atoms with Gasteiger partial charge in [0.25, 0.3) is 5.91 Å². The first-order chi connectivity index (χ1) is 6.91. The lowest BCUT2D eigenvalue weighted by molar-refractivity contribution is -0.158. The van der Waals surface area contributed by atoms with Crippen LogP contribution in [0.15, 0.2) is 17.5 Å². The van der Waals surface area contributed by atoms with Gasteiger partial charge in [0.1, 0.15) is 0 Å². The molecule has 1 heterocycles. The van der Waals surface area contributed by atoms with Gasteiger partial charge in [0.05, 0.1) is 10.3 Å². The predicted octanol–water partition coefficient (Wildman–Crippen LogP) is 1.98. The monoisotopic (exact) mass is 227 g/mol. The van der Waals surface area contributed by atoms with E-state index in [1.807, 2.05) is 0 Å². The van der Waals surface area contributed by atoms with Crippen LogP contribution >= 0.6 is 11.3 Å². The number of rotatable bonds is 1. The van der Waals surface area contributed by atoms with Gasteiger partial charge in [-0.05, 0) is 32.2 Å². The van der Waals surface area contributed by atoms with Crippen molar-refractivity contribution in [2.75, 3.05) is 0 Å². The Bertz CT molecular complexity index is 351. The highest BCUT2D eigenvalue weighted by Crippen LogP contribution is 2.14. The molecule has 82 valence electrons. The average Bonchev–Trinajstić information content (AvgIpc) is 2.64. The fourth-order valence-electron chi connectivity index (χ4n) is 0.704. The number of carbonyl (C=O) groups is 2. The molecule has 0 spiro atoms. The fourth-order valence-corrected chi connectivity index (χ4v) is 1.31. The maximum atomic E-state index is 11.4. The van der Waals surface area contributed by atoms with Gasteiger partial charge in [-0.3, -0.25) is 4.79 Å². The van der Waals surface area contributed by atoms with Crippen LogP contribution in [0.5, 0.6) is 0 Å². The molecule has 0 aliphatic rings. The van der Waals surface area contributed by atoms with Gasteiger partial charge >= 0.3 is 5.97 Å². The molecule has 0 saturated carbocycles. The lowest BCUT2D eigenvalue weighted by Crippen LogP contribution is -2.32. The van der Waals surface area contributed by atoms with Crippen LogP contribution in [0.1, 0.15) is 30.4 Å². The molecule has 1 aromatic heterocycles. The van der Waals surface area contributed by atoms with E-state index in [2.05, 4.69) is 10.3 Å². The summed E-state index contributed by atoms with van der Waals surface area (Å²) < 4.78 is 0. The number of hydroxylamine groups is 1. The van der Waals surface area contributed by atoms with Crippen LogP contribution in [0, 0.1) is 5.41 Å². The molecular formula is C10H13NO3S. The van der Waals surface area contributed by atoms with Crippen molar-refractivity contribution in [2.24, 2.45) is 5.41 Å². The van der Waals surface area contributed by atoms with Gasteiger partial charge in [-0.1, -0.05) is 6.07 Å². The van der Waals surface area contributed by atoms with E-state index >= 15 is 0 Å². The summed E-state index contributed by atoms with van der Waals surface area (Å²) in [5.41, 5.74) is 1.49. The molecule has 4 nitrogen and oxygen atoms in total. The van der Waals surface area contributed by atoms with Crippen molar-refractivity contribution in [1.29, 1.82) is 0 Å². The molecule has 0 saturated heterocycles. The quantitative estimate of drug-likeness (QED) is 0.746. The summed E-state index contributed by atoms with van der Waals surface area (Å²) >= 11 is 1.29. The normalized spacial score (nSPS) is 10.9. The molecule has 0 fully saturated rings. The van der Waals surface area contributed by atoms with Crippen molar-refractivity contribution in [3.05, 3.63) is 22.4 Å². The molecule has 1 amide bonds. The second-order valence-electron chi connectivity index (χ2n) is 4.05. The number of amides is 1. The summed E-state index contributed by atoms with van der Waals surface area (Å²) in [6.45, 7) is 5.14. The maximum Gasteiger partial charge on any atom is 0.337 e. The van der Waals surface area contributed by atoms with Crippen molar-refractivity contribution < 1.29 is 14.4 Å². The number of carbonyl (C=O) groups excluding carboxylic acids is 2. The average molecular weight is 227 g/mol. The summed E-state index contributed by atoms with van der Waals surface area (Å²) in [5, 5.41) is 1.78. The highest BCUT2D eigenvalue weighted by molar-refractivity contribution is 7.12. The maximum absolute atomic E-state index is 11.4. The number of hydrogen-bond donors (Lipinski definition) is 1. The lowest BCUT2D eigenvalue weighted by atomic mass is 9.98. The summed E-state index contributed by atoms with van der Waals surface area (Å²) in [6.07, 6.45) is 0. The molecule has 0 aliphatic heterocycles. The Kier molecular flexibility index (Phi) is 3.47. The number of thiophene rings is 1. The number of nitrogens with one attached hydrogen (secondary N) is 1. The SMILES string of the molecule is CC(C)(C)C(=O)ONC(=O)c1cccs1. The van der Waals surface area contributed by atoms with Gasteiger partial charge in [0.2, 0.25) is 0 Å². The Hall–Kier alpha value is -1.36. The largest absolute Gasteiger partial charge is 0.340 e. The second kappa shape index (κ2) is 4.44. The minimum atomic E-state index is -0.622. The summed E-state index contributed by atoms with van der Waals surface area (Å²) in [6, 6.07) is 3.41. The molecule has 5 heteroatoms. The Labute approximate surface area is 92.2 Å². The van der Waals surface area contributed by atoms with Crippen LogP contribution < -0.4 is 5.48 Å². The minimum absolute atomic E-state index is 0.400. The Balaban J connectivity index is 2.45. The predicted molar refractivity (Wildman–Crippen MR) is 57.3 cm³/mol. The van der Waals surface area contributed by atoms with E-state index in [0.29, 0.717) is 4.88 Å². The molecule has 15 heavy (non-hydrogen) atoms. The van der Waals surface area contributed by atoms with E-state index in [1.54, 1.807) is 38.3 Å². The highest BCUT2D eigenvalue weighted by atomic mass is 32.1. The zero-order valence-corrected chi connectivity index (χ0v) is 9.68. The topological polar surface area (TPSA) is 55.4 Å². The van der Waals surface area contributed by atoms with Gasteiger partial charge in [-0.15, -0.1) is 11.3 Å². The lowest BCUT2D eigenvalue weighted by Gasteiger charge is -2.15. The summed E-state index contributed by atoms with van der Waals surface area (Å²) in [7, 11) is 0. The third kappa shape index (κ3) is 3.36. The molecular weight excluding hydrogens is 214 g/mol. The van der Waals surface area contributed by atoms with Crippen molar-refractivity contribution in [1.82, 2.24) is 5.48 Å². The molecule has 0 aliphatic carbocycles. The first-order valence-corrected chi connectivity index (χ1v) is 5.34. The second-order valence-corrected chi connectivity index (χ2v) is 5.00. The van der Waals surface area contributed by atoms with Crippen LogP contribution in [-0.4, -0.2) is 11.9 Å². The Morgan fingerprint density at radius 3 is 2.53 bits per heavy atom. The molecule has 1 N–H and O–H groups in total. The third-order valence-electron chi connectivity index (χ3n) is 1.59. The third-order valence-corrected chi connectivity index (χ3v) is 2.46. The van der Waals surface area contributed by atoms with Crippen molar-refractivity contribution in [3.63, 3.8) is 0 Å². The van der Waals surface area contributed by atoms with Crippen LogP contribution in [0.4, 0.5) is 0 Å². The molecule has 0 atom stereocenters. The van der Waals surface area contributed by atoms with Gasteiger partial charge < -0.3 is 4.84 Å². The first-order valence-electron chi connectivity index (χ1n) is 4.46. The molecule has 1 aromatic rings. The molecule has 0 radical (unpaired) electrons. The Morgan fingerprint density at radius 2 is 2.07 bits per heavy atom. The van der Waals surface area contributed by atoms with Gasteiger partial charge in [0.15, 0.2) is 0 Å². The van der Waals surface area contributed by atoms with Gasteiger partial charge in [-0.2, -0.15) is 5.48 Å². The van der Waals surface area contributed by atoms with E-state index < -0.39 is 17.3 Å². The van der Waals surface area contributed by atoms with Crippen LogP contribution in [0.25, 0.3) is 0 Å². The summed E-state index contributed by atoms with van der Waals surface area (Å²) in [5.74, 6) is -0.866. The standard InChI is InChI=1S/C10H13NO3S/c1-10(2,3)9(13)14-11-8(12)7-5-4-6-15-7/h4-6H,1-3H3,(H,11,12). The van der Waals surface area contributed by atoms with E-state index in [1.165, 1.54) is 11.3 Å². The summed E-state index contributed by atoms with van der Waals surface area (Å²) in [4.78, 5) is 27.8. The van der Waals surface area contributed by atoms with Gasteiger partial charge in [-0.25, -0.2) is 4.79 Å². The van der Waals surface area contributed by atoms with E-state index in [-0.39, 0.29) is 0 Å². The van der Waals surface area contributed by atoms with E-state index in [4.69, 9.17) is 0 Å². The molecule has 0 aromatic carbocycles. The smallest absolute Gasteiger partial charge is 0.337 e.